The number of rotatable bonds is 12. The SMILES string of the molecule is C=C(/C(C)=C(/N=C(\C)c1cccnc1CCC1CC1)N(C=O)C(C)C)N(C)CCC. The van der Waals surface area contributed by atoms with E-state index in [9.17, 15) is 4.79 Å². The maximum Gasteiger partial charge on any atom is 0.215 e. The van der Waals surface area contributed by atoms with Crippen LogP contribution in [0.15, 0.2) is 47.0 Å². The summed E-state index contributed by atoms with van der Waals surface area (Å²) in [5.74, 6) is 1.51. The van der Waals surface area contributed by atoms with Crippen molar-refractivity contribution in [1.82, 2.24) is 14.8 Å². The van der Waals surface area contributed by atoms with Crippen molar-refractivity contribution < 1.29 is 4.79 Å². The van der Waals surface area contributed by atoms with Gasteiger partial charge in [0.05, 0.1) is 0 Å². The smallest absolute Gasteiger partial charge is 0.215 e. The zero-order valence-corrected chi connectivity index (χ0v) is 19.6. The molecule has 0 bridgehead atoms. The molecule has 0 aliphatic heterocycles. The van der Waals surface area contributed by atoms with Crippen LogP contribution in [0.2, 0.25) is 0 Å². The van der Waals surface area contributed by atoms with Gasteiger partial charge < -0.3 is 4.90 Å². The van der Waals surface area contributed by atoms with E-state index in [0.717, 1.165) is 60.0 Å². The molecule has 0 radical (unpaired) electrons. The van der Waals surface area contributed by atoms with Crippen LogP contribution in [0.1, 0.15) is 71.6 Å². The van der Waals surface area contributed by atoms with Crippen molar-refractivity contribution in [2.24, 2.45) is 10.9 Å². The standard InChI is InChI=1S/C25H38N4O/c1-8-16-28(7)21(6)19(4)25(29(17-30)18(2)3)27-20(5)23-10-9-15-26-24(23)14-13-22-11-12-22/h9-10,15,17-18,22H,6,8,11-14,16H2,1-5,7H3/b25-19-,27-20+. The number of pyridine rings is 1. The van der Waals surface area contributed by atoms with Crippen molar-refractivity contribution in [3.63, 3.8) is 0 Å². The van der Waals surface area contributed by atoms with Crippen LogP contribution in [0.4, 0.5) is 0 Å². The van der Waals surface area contributed by atoms with Crippen molar-refractivity contribution in [3.05, 3.63) is 53.3 Å². The summed E-state index contributed by atoms with van der Waals surface area (Å²) in [5.41, 5.74) is 4.82. The molecule has 5 heteroatoms. The van der Waals surface area contributed by atoms with Crippen LogP contribution in [-0.4, -0.2) is 46.5 Å². The lowest BCUT2D eigenvalue weighted by Gasteiger charge is -2.28. The number of carbonyl (C=O) groups is 1. The molecule has 2 rings (SSSR count). The summed E-state index contributed by atoms with van der Waals surface area (Å²) in [6, 6.07) is 4.04. The quantitative estimate of drug-likeness (QED) is 0.271. The van der Waals surface area contributed by atoms with Gasteiger partial charge in [-0.25, -0.2) is 4.99 Å². The molecular weight excluding hydrogens is 372 g/mol. The minimum absolute atomic E-state index is 0.00323. The van der Waals surface area contributed by atoms with Crippen LogP contribution < -0.4 is 0 Å². The zero-order chi connectivity index (χ0) is 22.3. The van der Waals surface area contributed by atoms with Crippen molar-refractivity contribution in [2.45, 2.75) is 72.8 Å². The molecule has 1 aliphatic rings. The lowest BCUT2D eigenvalue weighted by molar-refractivity contribution is -0.117. The van der Waals surface area contributed by atoms with Gasteiger partial charge in [-0.2, -0.15) is 0 Å². The van der Waals surface area contributed by atoms with Crippen LogP contribution >= 0.6 is 0 Å². The number of amides is 1. The van der Waals surface area contributed by atoms with Gasteiger partial charge in [-0.05, 0) is 65.0 Å². The lowest BCUT2D eigenvalue weighted by Crippen LogP contribution is -2.30. The Morgan fingerprint density at radius 3 is 2.63 bits per heavy atom. The number of aliphatic imine (C=N–C) groups is 1. The molecule has 1 aromatic heterocycles. The maximum atomic E-state index is 11.9. The van der Waals surface area contributed by atoms with E-state index in [1.165, 1.54) is 19.3 Å². The number of carbonyl (C=O) groups excluding carboxylic acids is 1. The number of nitrogens with zero attached hydrogens (tertiary/aromatic N) is 4. The number of hydrogen-bond acceptors (Lipinski definition) is 4. The Hall–Kier alpha value is -2.43. The van der Waals surface area contributed by atoms with Crippen molar-refractivity contribution in [2.75, 3.05) is 13.6 Å². The summed E-state index contributed by atoms with van der Waals surface area (Å²) < 4.78 is 0. The monoisotopic (exact) mass is 410 g/mol. The van der Waals surface area contributed by atoms with Gasteiger partial charge in [0.15, 0.2) is 0 Å². The molecule has 1 aromatic rings. The fourth-order valence-corrected chi connectivity index (χ4v) is 3.57. The average molecular weight is 411 g/mol. The number of aromatic nitrogens is 1. The summed E-state index contributed by atoms with van der Waals surface area (Å²) in [4.78, 5) is 25.4. The molecule has 1 saturated carbocycles. The molecule has 1 amide bonds. The minimum atomic E-state index is -0.00323. The van der Waals surface area contributed by atoms with E-state index in [0.29, 0.717) is 5.82 Å². The molecule has 30 heavy (non-hydrogen) atoms. The largest absolute Gasteiger partial charge is 0.375 e. The number of hydrogen-bond donors (Lipinski definition) is 0. The first-order valence-electron chi connectivity index (χ1n) is 11.1. The Balaban J connectivity index is 2.46. The zero-order valence-electron chi connectivity index (χ0n) is 19.6. The number of allylic oxidation sites excluding steroid dienone is 1. The molecule has 5 nitrogen and oxygen atoms in total. The van der Waals surface area contributed by atoms with Crippen LogP contribution in [-0.2, 0) is 11.2 Å². The molecule has 0 aromatic carbocycles. The van der Waals surface area contributed by atoms with Crippen molar-refractivity contribution >= 4 is 12.1 Å². The molecule has 0 atom stereocenters. The summed E-state index contributed by atoms with van der Waals surface area (Å²) in [5, 5.41) is 0. The lowest BCUT2D eigenvalue weighted by atomic mass is 10.0. The van der Waals surface area contributed by atoms with E-state index in [1.807, 2.05) is 47.0 Å². The highest BCUT2D eigenvalue weighted by Gasteiger charge is 2.22. The molecule has 1 fully saturated rings. The second-order valence-electron chi connectivity index (χ2n) is 8.60. The Morgan fingerprint density at radius 1 is 1.37 bits per heavy atom. The van der Waals surface area contributed by atoms with Gasteiger partial charge >= 0.3 is 0 Å². The molecule has 0 unspecified atom stereocenters. The maximum absolute atomic E-state index is 11.9. The molecule has 0 N–H and O–H groups in total. The summed E-state index contributed by atoms with van der Waals surface area (Å²) in [7, 11) is 2.03. The third kappa shape index (κ3) is 6.28. The summed E-state index contributed by atoms with van der Waals surface area (Å²) in [6.07, 6.45) is 8.60. The van der Waals surface area contributed by atoms with Crippen LogP contribution in [0.25, 0.3) is 0 Å². The average Bonchev–Trinajstić information content (AvgIpc) is 3.55. The van der Waals surface area contributed by atoms with Gasteiger partial charge in [-0.1, -0.05) is 26.3 Å². The van der Waals surface area contributed by atoms with E-state index >= 15 is 0 Å². The summed E-state index contributed by atoms with van der Waals surface area (Å²) in [6.45, 7) is 15.3. The number of likely N-dealkylation sites (N-methyl/N-ethyl adjacent to an activating group) is 1. The van der Waals surface area contributed by atoms with E-state index in [2.05, 4.69) is 29.5 Å². The molecule has 0 spiro atoms. The molecule has 1 aliphatic carbocycles. The first-order chi connectivity index (χ1) is 14.3. The highest BCUT2D eigenvalue weighted by Crippen LogP contribution is 2.33. The highest BCUT2D eigenvalue weighted by atomic mass is 16.1. The fraction of sp³-hybridized carbons (Fsp3) is 0.560. The van der Waals surface area contributed by atoms with E-state index in [-0.39, 0.29) is 6.04 Å². The topological polar surface area (TPSA) is 48.8 Å². The van der Waals surface area contributed by atoms with Crippen molar-refractivity contribution in [1.29, 1.82) is 0 Å². The molecule has 1 heterocycles. The first kappa shape index (κ1) is 23.8. The highest BCUT2D eigenvalue weighted by molar-refractivity contribution is 6.00. The Bertz CT molecular complexity index is 805. The summed E-state index contributed by atoms with van der Waals surface area (Å²) >= 11 is 0. The molecular formula is C25H38N4O. The minimum Gasteiger partial charge on any atom is -0.375 e. The van der Waals surface area contributed by atoms with Crippen molar-refractivity contribution in [3.8, 4) is 0 Å². The van der Waals surface area contributed by atoms with Crippen LogP contribution in [0.3, 0.4) is 0 Å². The van der Waals surface area contributed by atoms with Gasteiger partial charge in [0.2, 0.25) is 6.41 Å². The molecule has 164 valence electrons. The van der Waals surface area contributed by atoms with Crippen LogP contribution in [0, 0.1) is 5.92 Å². The van der Waals surface area contributed by atoms with Gasteiger partial charge in [0, 0.05) is 54.1 Å². The fourth-order valence-electron chi connectivity index (χ4n) is 3.57. The van der Waals surface area contributed by atoms with E-state index in [4.69, 9.17) is 4.99 Å². The first-order valence-corrected chi connectivity index (χ1v) is 11.1. The van der Waals surface area contributed by atoms with Gasteiger partial charge in [-0.15, -0.1) is 0 Å². The predicted octanol–water partition coefficient (Wildman–Crippen LogP) is 5.19. The normalized spacial score (nSPS) is 15.1. The predicted molar refractivity (Wildman–Crippen MR) is 125 cm³/mol. The Morgan fingerprint density at radius 2 is 2.07 bits per heavy atom. The third-order valence-electron chi connectivity index (χ3n) is 5.74. The van der Waals surface area contributed by atoms with Gasteiger partial charge in [-0.3, -0.25) is 14.7 Å². The van der Waals surface area contributed by atoms with E-state index < -0.39 is 0 Å². The van der Waals surface area contributed by atoms with Gasteiger partial charge in [0.25, 0.3) is 0 Å². The second-order valence-corrected chi connectivity index (χ2v) is 8.60. The van der Waals surface area contributed by atoms with Gasteiger partial charge in [0.1, 0.15) is 5.82 Å². The van der Waals surface area contributed by atoms with Crippen LogP contribution in [0.5, 0.6) is 0 Å². The third-order valence-corrected chi connectivity index (χ3v) is 5.74. The van der Waals surface area contributed by atoms with E-state index in [1.54, 1.807) is 4.90 Å². The second kappa shape index (κ2) is 11.1. The molecule has 0 saturated heterocycles. The Labute approximate surface area is 182 Å². The Kier molecular flexibility index (Phi) is 8.82. The number of aryl methyl sites for hydroxylation is 1.